The summed E-state index contributed by atoms with van der Waals surface area (Å²) in [5.41, 5.74) is 1.20. The Morgan fingerprint density at radius 3 is 2.56 bits per heavy atom. The van der Waals surface area contributed by atoms with Gasteiger partial charge in [-0.25, -0.2) is 0 Å². The molecule has 0 unspecified atom stereocenters. The Balaban J connectivity index is 2.85. The van der Waals surface area contributed by atoms with Gasteiger partial charge in [0.15, 0.2) is 5.17 Å². The Bertz CT molecular complexity index is 301. The van der Waals surface area contributed by atoms with Gasteiger partial charge in [-0.05, 0) is 33.6 Å². The molecule has 1 heterocycles. The van der Waals surface area contributed by atoms with E-state index in [4.69, 9.17) is 0 Å². The van der Waals surface area contributed by atoms with E-state index in [0.717, 1.165) is 23.2 Å². The fourth-order valence-electron chi connectivity index (χ4n) is 1.57. The first-order valence-corrected chi connectivity index (χ1v) is 6.81. The second kappa shape index (κ2) is 5.21. The van der Waals surface area contributed by atoms with Gasteiger partial charge < -0.3 is 4.90 Å². The zero-order valence-corrected chi connectivity index (χ0v) is 12.1. The molecule has 0 atom stereocenters. The van der Waals surface area contributed by atoms with Crippen molar-refractivity contribution in [3.63, 3.8) is 0 Å². The van der Waals surface area contributed by atoms with Crippen molar-refractivity contribution < 1.29 is 0 Å². The second-order valence-electron chi connectivity index (χ2n) is 5.54. The zero-order chi connectivity index (χ0) is 12.3. The lowest BCUT2D eigenvalue weighted by Crippen LogP contribution is -2.44. The Hall–Kier alpha value is -0.510. The standard InChI is InChI=1S/C12H23N3S/c1-9(2)7-15-11(14-13-10(3)4)16-8-12(15,5)6/h9H,7-8H2,1-6H3/b14-11-. The van der Waals surface area contributed by atoms with Gasteiger partial charge in [-0.3, -0.25) is 0 Å². The summed E-state index contributed by atoms with van der Waals surface area (Å²) in [6.07, 6.45) is 0. The summed E-state index contributed by atoms with van der Waals surface area (Å²) >= 11 is 1.81. The van der Waals surface area contributed by atoms with Crippen LogP contribution in [-0.4, -0.2) is 33.6 Å². The number of thioether (sulfide) groups is 1. The molecule has 1 saturated heterocycles. The van der Waals surface area contributed by atoms with Gasteiger partial charge in [0.1, 0.15) is 0 Å². The Morgan fingerprint density at radius 2 is 2.06 bits per heavy atom. The van der Waals surface area contributed by atoms with Gasteiger partial charge in [0.25, 0.3) is 0 Å². The van der Waals surface area contributed by atoms with Crippen LogP contribution in [0, 0.1) is 5.92 Å². The molecule has 3 nitrogen and oxygen atoms in total. The van der Waals surface area contributed by atoms with E-state index in [0.29, 0.717) is 5.92 Å². The minimum atomic E-state index is 0.199. The highest BCUT2D eigenvalue weighted by atomic mass is 32.2. The minimum absolute atomic E-state index is 0.199. The van der Waals surface area contributed by atoms with Crippen LogP contribution in [0.1, 0.15) is 41.5 Å². The molecule has 92 valence electrons. The van der Waals surface area contributed by atoms with Crippen LogP contribution in [0.3, 0.4) is 0 Å². The monoisotopic (exact) mass is 241 g/mol. The van der Waals surface area contributed by atoms with Crippen LogP contribution in [0.15, 0.2) is 10.2 Å². The van der Waals surface area contributed by atoms with Crippen molar-refractivity contribution in [2.45, 2.75) is 47.1 Å². The minimum Gasteiger partial charge on any atom is -0.344 e. The molecule has 0 spiro atoms. The van der Waals surface area contributed by atoms with E-state index in [1.807, 2.05) is 25.6 Å². The molecule has 0 saturated carbocycles. The molecule has 0 aromatic heterocycles. The second-order valence-corrected chi connectivity index (χ2v) is 6.48. The average molecular weight is 241 g/mol. The molecule has 0 aromatic carbocycles. The van der Waals surface area contributed by atoms with E-state index < -0.39 is 0 Å². The fourth-order valence-corrected chi connectivity index (χ4v) is 2.79. The molecule has 0 radical (unpaired) electrons. The Labute approximate surface area is 103 Å². The normalized spacial score (nSPS) is 21.9. The summed E-state index contributed by atoms with van der Waals surface area (Å²) in [6.45, 7) is 14.0. The van der Waals surface area contributed by atoms with Gasteiger partial charge >= 0.3 is 0 Å². The quantitative estimate of drug-likeness (QED) is 0.560. The van der Waals surface area contributed by atoms with Gasteiger partial charge in [-0.1, -0.05) is 25.6 Å². The average Bonchev–Trinajstić information content (AvgIpc) is 2.39. The van der Waals surface area contributed by atoms with Crippen molar-refractivity contribution in [2.75, 3.05) is 12.3 Å². The molecule has 0 aromatic rings. The first-order chi connectivity index (χ1) is 7.33. The summed E-state index contributed by atoms with van der Waals surface area (Å²) < 4.78 is 0. The van der Waals surface area contributed by atoms with Gasteiger partial charge in [0.05, 0.1) is 0 Å². The molecule has 1 aliphatic rings. The Kier molecular flexibility index (Phi) is 4.42. The van der Waals surface area contributed by atoms with E-state index in [2.05, 4.69) is 42.8 Å². The van der Waals surface area contributed by atoms with E-state index in [-0.39, 0.29) is 5.54 Å². The number of nitrogens with zero attached hydrogens (tertiary/aromatic N) is 3. The summed E-state index contributed by atoms with van der Waals surface area (Å²) in [4.78, 5) is 2.38. The third kappa shape index (κ3) is 3.51. The van der Waals surface area contributed by atoms with Crippen molar-refractivity contribution in [3.05, 3.63) is 0 Å². The molecule has 1 fully saturated rings. The maximum absolute atomic E-state index is 4.35. The highest BCUT2D eigenvalue weighted by Gasteiger charge is 2.37. The van der Waals surface area contributed by atoms with Crippen LogP contribution in [0.4, 0.5) is 0 Å². The maximum atomic E-state index is 4.35. The van der Waals surface area contributed by atoms with Crippen molar-refractivity contribution in [1.29, 1.82) is 0 Å². The van der Waals surface area contributed by atoms with Crippen LogP contribution in [0.2, 0.25) is 0 Å². The summed E-state index contributed by atoms with van der Waals surface area (Å²) in [7, 11) is 0. The Morgan fingerprint density at radius 1 is 1.44 bits per heavy atom. The lowest BCUT2D eigenvalue weighted by molar-refractivity contribution is 0.232. The highest BCUT2D eigenvalue weighted by molar-refractivity contribution is 8.14. The molecule has 4 heteroatoms. The van der Waals surface area contributed by atoms with Gasteiger partial charge in [0, 0.05) is 23.5 Å². The first-order valence-electron chi connectivity index (χ1n) is 5.82. The third-order valence-electron chi connectivity index (χ3n) is 2.40. The van der Waals surface area contributed by atoms with E-state index >= 15 is 0 Å². The predicted molar refractivity (Wildman–Crippen MR) is 74.3 cm³/mol. The summed E-state index contributed by atoms with van der Waals surface area (Å²) in [5.74, 6) is 1.74. The summed E-state index contributed by atoms with van der Waals surface area (Å²) in [5, 5.41) is 9.59. The van der Waals surface area contributed by atoms with Crippen LogP contribution < -0.4 is 0 Å². The molecule has 1 rings (SSSR count). The van der Waals surface area contributed by atoms with Crippen molar-refractivity contribution in [3.8, 4) is 0 Å². The van der Waals surface area contributed by atoms with Crippen molar-refractivity contribution >= 4 is 22.6 Å². The third-order valence-corrected chi connectivity index (χ3v) is 3.81. The van der Waals surface area contributed by atoms with Gasteiger partial charge in [-0.2, -0.15) is 5.10 Å². The molecular formula is C12H23N3S. The summed E-state index contributed by atoms with van der Waals surface area (Å²) in [6, 6.07) is 0. The maximum Gasteiger partial charge on any atom is 0.186 e. The van der Waals surface area contributed by atoms with E-state index in [9.17, 15) is 0 Å². The smallest absolute Gasteiger partial charge is 0.186 e. The molecule has 0 aliphatic carbocycles. The lowest BCUT2D eigenvalue weighted by atomic mass is 10.0. The number of hydrogen-bond donors (Lipinski definition) is 0. The van der Waals surface area contributed by atoms with Gasteiger partial charge in [0.2, 0.25) is 0 Å². The molecule has 0 amide bonds. The van der Waals surface area contributed by atoms with Crippen LogP contribution in [0.25, 0.3) is 0 Å². The van der Waals surface area contributed by atoms with Crippen LogP contribution >= 0.6 is 11.8 Å². The van der Waals surface area contributed by atoms with Crippen molar-refractivity contribution in [2.24, 2.45) is 16.1 Å². The molecule has 0 N–H and O–H groups in total. The van der Waals surface area contributed by atoms with Gasteiger partial charge in [-0.15, -0.1) is 5.10 Å². The number of rotatable bonds is 3. The van der Waals surface area contributed by atoms with Crippen LogP contribution in [0.5, 0.6) is 0 Å². The fraction of sp³-hybridized carbons (Fsp3) is 0.833. The van der Waals surface area contributed by atoms with E-state index in [1.165, 1.54) is 0 Å². The molecule has 16 heavy (non-hydrogen) atoms. The van der Waals surface area contributed by atoms with E-state index in [1.54, 1.807) is 0 Å². The highest BCUT2D eigenvalue weighted by Crippen LogP contribution is 2.33. The molecule has 0 bridgehead atoms. The first kappa shape index (κ1) is 13.6. The number of amidine groups is 1. The predicted octanol–water partition coefficient (Wildman–Crippen LogP) is 3.22. The molecule has 1 aliphatic heterocycles. The number of hydrogen-bond acceptors (Lipinski definition) is 3. The lowest BCUT2D eigenvalue weighted by Gasteiger charge is -2.33. The zero-order valence-electron chi connectivity index (χ0n) is 11.2. The SMILES string of the molecule is CC(C)=N/N=C1\SCC(C)(C)N1CC(C)C. The topological polar surface area (TPSA) is 28.0 Å². The van der Waals surface area contributed by atoms with Crippen LogP contribution in [-0.2, 0) is 0 Å². The largest absolute Gasteiger partial charge is 0.344 e. The molecular weight excluding hydrogens is 218 g/mol. The van der Waals surface area contributed by atoms with Crippen molar-refractivity contribution in [1.82, 2.24) is 4.90 Å².